The van der Waals surface area contributed by atoms with Crippen molar-refractivity contribution in [2.45, 2.75) is 24.8 Å². The topological polar surface area (TPSA) is 12.0 Å². The fourth-order valence-electron chi connectivity index (χ4n) is 1.93. The molecule has 0 aliphatic rings. The van der Waals surface area contributed by atoms with E-state index in [0.717, 1.165) is 7.05 Å². The van der Waals surface area contributed by atoms with Crippen LogP contribution in [0.2, 0.25) is 5.02 Å². The van der Waals surface area contributed by atoms with Crippen molar-refractivity contribution in [2.75, 3.05) is 7.05 Å². The summed E-state index contributed by atoms with van der Waals surface area (Å²) in [6.45, 7) is 0. The Morgan fingerprint density at radius 2 is 1.55 bits per heavy atom. The van der Waals surface area contributed by atoms with Gasteiger partial charge in [0.15, 0.2) is 5.92 Å². The van der Waals surface area contributed by atoms with Crippen LogP contribution in [0.15, 0.2) is 24.3 Å². The van der Waals surface area contributed by atoms with Crippen LogP contribution >= 0.6 is 11.6 Å². The molecule has 1 rings (SSSR count). The normalized spacial score (nSPS) is 14.7. The minimum absolute atomic E-state index is 0.135. The molecule has 0 saturated heterocycles. The van der Waals surface area contributed by atoms with E-state index in [1.165, 1.54) is 18.2 Å². The lowest BCUT2D eigenvalue weighted by molar-refractivity contribution is -0.291. The summed E-state index contributed by atoms with van der Waals surface area (Å²) in [6, 6.07) is 4.03. The molecule has 20 heavy (non-hydrogen) atoms. The maximum Gasteiger partial charge on any atom is 0.402 e. The van der Waals surface area contributed by atoms with Gasteiger partial charge in [-0.25, -0.2) is 0 Å². The van der Waals surface area contributed by atoms with Crippen molar-refractivity contribution in [3.63, 3.8) is 0 Å². The molecule has 0 aliphatic carbocycles. The smallest absolute Gasteiger partial charge is 0.316 e. The molecule has 1 unspecified atom stereocenters. The molecule has 1 aromatic carbocycles. The van der Waals surface area contributed by atoms with Gasteiger partial charge < -0.3 is 5.32 Å². The highest BCUT2D eigenvalue weighted by atomic mass is 35.5. The second kappa shape index (κ2) is 6.22. The highest BCUT2D eigenvalue weighted by molar-refractivity contribution is 6.31. The summed E-state index contributed by atoms with van der Waals surface area (Å²) < 4.78 is 76.0. The maximum absolute atomic E-state index is 12.7. The molecular weight excluding hydrogens is 308 g/mol. The Balaban J connectivity index is 3.07. The largest absolute Gasteiger partial charge is 0.402 e. The number of likely N-dealkylation sites (N-methyl/N-ethyl adjacent to an activating group) is 1. The van der Waals surface area contributed by atoms with E-state index in [4.69, 9.17) is 11.6 Å². The van der Waals surface area contributed by atoms with Gasteiger partial charge in [-0.05, 0) is 25.1 Å². The quantitative estimate of drug-likeness (QED) is 0.820. The first-order chi connectivity index (χ1) is 9.07. The Kier molecular flexibility index (Phi) is 5.32. The van der Waals surface area contributed by atoms with Crippen molar-refractivity contribution in [1.29, 1.82) is 0 Å². The molecular formula is C12H12ClF6N. The lowest BCUT2D eigenvalue weighted by Gasteiger charge is -2.30. The van der Waals surface area contributed by atoms with Gasteiger partial charge in [-0.15, -0.1) is 0 Å². The van der Waals surface area contributed by atoms with Gasteiger partial charge in [0, 0.05) is 11.1 Å². The van der Waals surface area contributed by atoms with E-state index >= 15 is 0 Å². The summed E-state index contributed by atoms with van der Waals surface area (Å²) in [7, 11) is 1.06. The van der Waals surface area contributed by atoms with E-state index in [9.17, 15) is 26.3 Å². The number of alkyl halides is 6. The fraction of sp³-hybridized carbons (Fsp3) is 0.500. The number of hydrogen-bond acceptors (Lipinski definition) is 1. The van der Waals surface area contributed by atoms with Crippen molar-refractivity contribution >= 4 is 11.6 Å². The molecule has 0 aromatic heterocycles. The van der Waals surface area contributed by atoms with Crippen LogP contribution in [0.3, 0.4) is 0 Å². The van der Waals surface area contributed by atoms with E-state index in [1.54, 1.807) is 6.07 Å². The van der Waals surface area contributed by atoms with E-state index in [2.05, 4.69) is 5.32 Å². The summed E-state index contributed by atoms with van der Waals surface area (Å²) in [5.74, 6) is -3.45. The van der Waals surface area contributed by atoms with Crippen molar-refractivity contribution in [1.82, 2.24) is 5.32 Å². The second-order valence-electron chi connectivity index (χ2n) is 4.25. The summed E-state index contributed by atoms with van der Waals surface area (Å²) in [5, 5.41) is 2.23. The Morgan fingerprint density at radius 3 is 1.95 bits per heavy atom. The monoisotopic (exact) mass is 319 g/mol. The van der Waals surface area contributed by atoms with Crippen LogP contribution in [0, 0.1) is 5.92 Å². The second-order valence-corrected chi connectivity index (χ2v) is 4.66. The Labute approximate surface area is 116 Å². The number of rotatable bonds is 4. The first-order valence-corrected chi connectivity index (χ1v) is 5.99. The minimum atomic E-state index is -5.38. The molecule has 114 valence electrons. The van der Waals surface area contributed by atoms with Gasteiger partial charge in [0.05, 0.1) is 0 Å². The van der Waals surface area contributed by atoms with Gasteiger partial charge in [-0.3, -0.25) is 0 Å². The molecule has 0 spiro atoms. The van der Waals surface area contributed by atoms with Crippen LogP contribution in [-0.2, 0) is 6.42 Å². The van der Waals surface area contributed by atoms with E-state index in [0.29, 0.717) is 0 Å². The molecule has 0 aliphatic heterocycles. The third kappa shape index (κ3) is 4.28. The van der Waals surface area contributed by atoms with Crippen molar-refractivity contribution in [2.24, 2.45) is 5.92 Å². The molecule has 8 heteroatoms. The van der Waals surface area contributed by atoms with Crippen LogP contribution < -0.4 is 5.32 Å². The standard InChI is InChI=1S/C12H12ClF6N/c1-20-9(6-7-4-2-3-5-8(7)13)10(11(14,15)16)12(17,18)19/h2-5,9-10,20H,6H2,1H3. The number of nitrogens with one attached hydrogen (secondary N) is 1. The van der Waals surface area contributed by atoms with Crippen LogP contribution in [-0.4, -0.2) is 25.4 Å². The van der Waals surface area contributed by atoms with Crippen molar-refractivity contribution in [3.8, 4) is 0 Å². The maximum atomic E-state index is 12.7. The molecule has 0 fully saturated rings. The molecule has 0 heterocycles. The van der Waals surface area contributed by atoms with Crippen molar-refractivity contribution < 1.29 is 26.3 Å². The number of hydrogen-bond donors (Lipinski definition) is 1. The Morgan fingerprint density at radius 1 is 1.05 bits per heavy atom. The third-order valence-electron chi connectivity index (χ3n) is 2.88. The number of halogens is 7. The Hall–Kier alpha value is -0.950. The molecule has 1 aromatic rings. The molecule has 0 amide bonds. The van der Waals surface area contributed by atoms with Gasteiger partial charge in [-0.1, -0.05) is 29.8 Å². The van der Waals surface area contributed by atoms with Crippen LogP contribution in [0.1, 0.15) is 5.56 Å². The van der Waals surface area contributed by atoms with Crippen LogP contribution in [0.4, 0.5) is 26.3 Å². The van der Waals surface area contributed by atoms with Crippen molar-refractivity contribution in [3.05, 3.63) is 34.9 Å². The molecule has 0 radical (unpaired) electrons. The average molecular weight is 320 g/mol. The predicted molar refractivity (Wildman–Crippen MR) is 63.6 cm³/mol. The van der Waals surface area contributed by atoms with Gasteiger partial charge in [0.2, 0.25) is 0 Å². The van der Waals surface area contributed by atoms with E-state index in [1.807, 2.05) is 0 Å². The first-order valence-electron chi connectivity index (χ1n) is 5.61. The average Bonchev–Trinajstić information content (AvgIpc) is 2.27. The predicted octanol–water partition coefficient (Wildman–Crippen LogP) is 4.21. The molecule has 0 bridgehead atoms. The summed E-state index contributed by atoms with van der Waals surface area (Å²) in [6.07, 6.45) is -11.2. The Bertz CT molecular complexity index is 428. The van der Waals surface area contributed by atoms with Gasteiger partial charge >= 0.3 is 12.4 Å². The zero-order chi connectivity index (χ0) is 15.6. The highest BCUT2D eigenvalue weighted by Gasteiger charge is 2.59. The van der Waals surface area contributed by atoms with Gasteiger partial charge in [0.25, 0.3) is 0 Å². The number of benzene rings is 1. The minimum Gasteiger partial charge on any atom is -0.316 e. The molecule has 0 saturated carbocycles. The zero-order valence-corrected chi connectivity index (χ0v) is 11.1. The third-order valence-corrected chi connectivity index (χ3v) is 3.24. The van der Waals surface area contributed by atoms with Crippen LogP contribution in [0.25, 0.3) is 0 Å². The summed E-state index contributed by atoms with van der Waals surface area (Å²) in [5.41, 5.74) is 0.229. The molecule has 1 nitrogen and oxygen atoms in total. The lowest BCUT2D eigenvalue weighted by Crippen LogP contribution is -2.51. The lowest BCUT2D eigenvalue weighted by atomic mass is 9.92. The van der Waals surface area contributed by atoms with Crippen LogP contribution in [0.5, 0.6) is 0 Å². The van der Waals surface area contributed by atoms with Gasteiger partial charge in [-0.2, -0.15) is 26.3 Å². The summed E-state index contributed by atoms with van der Waals surface area (Å²) in [4.78, 5) is 0. The first kappa shape index (κ1) is 17.1. The van der Waals surface area contributed by atoms with E-state index in [-0.39, 0.29) is 10.6 Å². The zero-order valence-electron chi connectivity index (χ0n) is 10.3. The highest BCUT2D eigenvalue weighted by Crippen LogP contribution is 2.42. The SMILES string of the molecule is CNC(Cc1ccccc1Cl)C(C(F)(F)F)C(F)(F)F. The van der Waals surface area contributed by atoms with E-state index < -0.39 is 30.7 Å². The van der Waals surface area contributed by atoms with Gasteiger partial charge in [0.1, 0.15) is 0 Å². The summed E-state index contributed by atoms with van der Waals surface area (Å²) >= 11 is 5.77. The fourth-order valence-corrected chi connectivity index (χ4v) is 2.14. The molecule has 1 atom stereocenters. The molecule has 1 N–H and O–H groups in total.